The van der Waals surface area contributed by atoms with E-state index >= 15 is 0 Å². The molecule has 1 aliphatic carbocycles. The fourth-order valence-corrected chi connectivity index (χ4v) is 5.50. The number of rotatable bonds is 4. The number of benzene rings is 2. The van der Waals surface area contributed by atoms with Crippen LogP contribution in [0.4, 0.5) is 4.39 Å². The maximum atomic E-state index is 13.9. The molecule has 5 rings (SSSR count). The normalized spacial score (nSPS) is 20.3. The van der Waals surface area contributed by atoms with Gasteiger partial charge in [-0.1, -0.05) is 15.9 Å². The van der Waals surface area contributed by atoms with E-state index in [9.17, 15) is 4.39 Å². The van der Waals surface area contributed by atoms with Gasteiger partial charge in [0.1, 0.15) is 5.82 Å². The molecule has 0 bridgehead atoms. The van der Waals surface area contributed by atoms with Gasteiger partial charge in [-0.15, -0.1) is 0 Å². The lowest BCUT2D eigenvalue weighted by Crippen LogP contribution is -2.23. The zero-order valence-corrected chi connectivity index (χ0v) is 19.3. The molecule has 0 spiro atoms. The first-order chi connectivity index (χ1) is 15.0. The quantitative estimate of drug-likeness (QED) is 0.314. The van der Waals surface area contributed by atoms with Crippen molar-refractivity contribution in [1.82, 2.24) is 14.8 Å². The maximum Gasteiger partial charge on any atom is 0.219 e. The minimum atomic E-state index is -0.200. The first kappa shape index (κ1) is 20.4. The summed E-state index contributed by atoms with van der Waals surface area (Å²) in [6.07, 6.45) is 6.23. The number of methoxy groups -OCH3 is 1. The average molecular weight is 482 g/mol. The molecule has 2 aromatic carbocycles. The molecule has 0 aliphatic heterocycles. The van der Waals surface area contributed by atoms with Crippen LogP contribution in [0.3, 0.4) is 0 Å². The fourth-order valence-electron chi connectivity index (χ4n) is 5.14. The maximum absolute atomic E-state index is 13.9. The van der Waals surface area contributed by atoms with Crippen molar-refractivity contribution in [1.29, 1.82) is 0 Å². The van der Waals surface area contributed by atoms with Gasteiger partial charge in [-0.05, 0) is 92.5 Å². The zero-order chi connectivity index (χ0) is 21.5. The van der Waals surface area contributed by atoms with Crippen LogP contribution in [0.1, 0.15) is 50.1 Å². The van der Waals surface area contributed by atoms with Crippen LogP contribution in [0.5, 0.6) is 5.88 Å². The van der Waals surface area contributed by atoms with Crippen molar-refractivity contribution in [2.45, 2.75) is 44.6 Å². The molecule has 0 unspecified atom stereocenters. The number of pyridine rings is 1. The van der Waals surface area contributed by atoms with Crippen molar-refractivity contribution in [3.63, 3.8) is 0 Å². The monoisotopic (exact) mass is 481 g/mol. The van der Waals surface area contributed by atoms with E-state index in [-0.39, 0.29) is 11.9 Å². The number of fused-ring (bicyclic) bond motifs is 2. The number of hydrogen-bond donors (Lipinski definition) is 0. The van der Waals surface area contributed by atoms with Crippen LogP contribution < -0.4 is 4.74 Å². The zero-order valence-electron chi connectivity index (χ0n) is 17.7. The van der Waals surface area contributed by atoms with Gasteiger partial charge in [0.2, 0.25) is 5.88 Å². The summed E-state index contributed by atoms with van der Waals surface area (Å²) in [5.41, 5.74) is 3.04. The van der Waals surface area contributed by atoms with Crippen molar-refractivity contribution in [2.75, 3.05) is 7.11 Å². The Kier molecular flexibility index (Phi) is 5.42. The van der Waals surface area contributed by atoms with E-state index in [4.69, 9.17) is 9.84 Å². The third kappa shape index (κ3) is 3.71. The summed E-state index contributed by atoms with van der Waals surface area (Å²) in [6.45, 7) is 2.24. The molecule has 1 aliphatic rings. The minimum Gasteiger partial charge on any atom is -0.481 e. The molecule has 2 aromatic heterocycles. The fraction of sp³-hybridized carbons (Fsp3) is 0.360. The van der Waals surface area contributed by atoms with Crippen molar-refractivity contribution >= 4 is 37.7 Å². The number of halogens is 2. The number of nitrogens with zero attached hydrogens (tertiary/aromatic N) is 3. The van der Waals surface area contributed by atoms with Crippen LogP contribution in [-0.2, 0) is 0 Å². The second-order valence-electron chi connectivity index (χ2n) is 8.53. The van der Waals surface area contributed by atoms with Crippen molar-refractivity contribution < 1.29 is 9.13 Å². The van der Waals surface area contributed by atoms with Gasteiger partial charge in [0, 0.05) is 16.1 Å². The summed E-state index contributed by atoms with van der Waals surface area (Å²) in [4.78, 5) is 4.41. The molecule has 4 aromatic rings. The lowest BCUT2D eigenvalue weighted by molar-refractivity contribution is 0.219. The molecule has 4 nitrogen and oxygen atoms in total. The average Bonchev–Trinajstić information content (AvgIpc) is 3.16. The molecule has 0 saturated heterocycles. The Bertz CT molecular complexity index is 1250. The number of hydrogen-bond acceptors (Lipinski definition) is 3. The van der Waals surface area contributed by atoms with Crippen LogP contribution in [0.15, 0.2) is 53.1 Å². The van der Waals surface area contributed by atoms with Crippen LogP contribution in [-0.4, -0.2) is 21.9 Å². The second-order valence-corrected chi connectivity index (χ2v) is 9.44. The standard InChI is InChI=1S/C25H25BrFN3O/c1-15(30-25(31-2)22-13-18(26)7-9-24(22)29-30)16-3-5-17(6-4-16)20-11-12-28-23-10-8-19(27)14-21(20)23/h7-17H,3-6H2,1-2H3/t15-,16?,17?/m1/s1. The summed E-state index contributed by atoms with van der Waals surface area (Å²) < 4.78 is 22.7. The predicted octanol–water partition coefficient (Wildman–Crippen LogP) is 7.03. The van der Waals surface area contributed by atoms with E-state index in [1.165, 1.54) is 11.6 Å². The van der Waals surface area contributed by atoms with Gasteiger partial charge in [0.15, 0.2) is 0 Å². The molecule has 0 radical (unpaired) electrons. The van der Waals surface area contributed by atoms with E-state index < -0.39 is 0 Å². The van der Waals surface area contributed by atoms with Gasteiger partial charge < -0.3 is 4.74 Å². The molecule has 0 N–H and O–H groups in total. The highest BCUT2D eigenvalue weighted by Gasteiger charge is 2.30. The molecule has 160 valence electrons. The van der Waals surface area contributed by atoms with Crippen LogP contribution in [0, 0.1) is 11.7 Å². The Balaban J connectivity index is 1.38. The van der Waals surface area contributed by atoms with E-state index in [2.05, 4.69) is 44.7 Å². The topological polar surface area (TPSA) is 39.9 Å². The third-order valence-electron chi connectivity index (χ3n) is 6.82. The van der Waals surface area contributed by atoms with E-state index in [0.29, 0.717) is 11.8 Å². The Morgan fingerprint density at radius 2 is 1.81 bits per heavy atom. The van der Waals surface area contributed by atoms with Gasteiger partial charge in [-0.25, -0.2) is 9.07 Å². The van der Waals surface area contributed by atoms with Gasteiger partial charge in [0.05, 0.1) is 29.6 Å². The highest BCUT2D eigenvalue weighted by atomic mass is 79.9. The van der Waals surface area contributed by atoms with Crippen LogP contribution >= 0.6 is 15.9 Å². The summed E-state index contributed by atoms with van der Waals surface area (Å²) in [5, 5.41) is 6.83. The molecule has 1 fully saturated rings. The lowest BCUT2D eigenvalue weighted by atomic mass is 9.75. The summed E-state index contributed by atoms with van der Waals surface area (Å²) in [5.74, 6) is 1.58. The smallest absolute Gasteiger partial charge is 0.219 e. The summed E-state index contributed by atoms with van der Waals surface area (Å²) >= 11 is 3.55. The number of aromatic nitrogens is 3. The van der Waals surface area contributed by atoms with E-state index in [1.54, 1.807) is 19.2 Å². The molecule has 1 atom stereocenters. The molecular weight excluding hydrogens is 457 g/mol. The second kappa shape index (κ2) is 8.23. The van der Waals surface area contributed by atoms with Gasteiger partial charge >= 0.3 is 0 Å². The molecule has 1 saturated carbocycles. The summed E-state index contributed by atoms with van der Waals surface area (Å²) in [6, 6.07) is 13.3. The van der Waals surface area contributed by atoms with Gasteiger partial charge in [-0.2, -0.15) is 5.10 Å². The minimum absolute atomic E-state index is 0.200. The molecule has 0 amide bonds. The van der Waals surface area contributed by atoms with E-state index in [1.807, 2.05) is 18.3 Å². The van der Waals surface area contributed by atoms with Gasteiger partial charge in [-0.3, -0.25) is 4.98 Å². The SMILES string of the molecule is COc1c2cc(Br)ccc2nn1[C@H](C)C1CCC(c2ccnc3ccc(F)cc23)CC1. The lowest BCUT2D eigenvalue weighted by Gasteiger charge is -2.33. The Morgan fingerprint density at radius 3 is 2.58 bits per heavy atom. The molecular formula is C25H25BrFN3O. The largest absolute Gasteiger partial charge is 0.481 e. The van der Waals surface area contributed by atoms with Crippen molar-refractivity contribution in [3.8, 4) is 5.88 Å². The highest BCUT2D eigenvalue weighted by Crippen LogP contribution is 2.43. The van der Waals surface area contributed by atoms with E-state index in [0.717, 1.165) is 57.8 Å². The van der Waals surface area contributed by atoms with Gasteiger partial charge in [0.25, 0.3) is 0 Å². The van der Waals surface area contributed by atoms with Crippen LogP contribution in [0.25, 0.3) is 21.8 Å². The summed E-state index contributed by atoms with van der Waals surface area (Å²) in [7, 11) is 1.71. The van der Waals surface area contributed by atoms with Crippen LogP contribution in [0.2, 0.25) is 0 Å². The predicted molar refractivity (Wildman–Crippen MR) is 125 cm³/mol. The Morgan fingerprint density at radius 1 is 1.03 bits per heavy atom. The Hall–Kier alpha value is -2.47. The Labute approximate surface area is 189 Å². The third-order valence-corrected chi connectivity index (χ3v) is 7.32. The molecule has 6 heteroatoms. The highest BCUT2D eigenvalue weighted by molar-refractivity contribution is 9.10. The molecule has 31 heavy (non-hydrogen) atoms. The first-order valence-electron chi connectivity index (χ1n) is 10.8. The number of ether oxygens (including phenoxy) is 1. The molecule has 2 heterocycles. The van der Waals surface area contributed by atoms with Crippen molar-refractivity contribution in [3.05, 3.63) is 64.5 Å². The first-order valence-corrected chi connectivity index (χ1v) is 11.6. The van der Waals surface area contributed by atoms with Crippen molar-refractivity contribution in [2.24, 2.45) is 5.92 Å².